The van der Waals surface area contributed by atoms with Crippen molar-refractivity contribution in [3.05, 3.63) is 98.5 Å². The molecule has 2 heterocycles. The number of benzene rings is 2. The average Bonchev–Trinajstić information content (AvgIpc) is 3.39. The predicted octanol–water partition coefficient (Wildman–Crippen LogP) is 6.62. The van der Waals surface area contributed by atoms with Gasteiger partial charge >= 0.3 is 0 Å². The minimum atomic E-state index is -0.417. The minimum Gasteiger partial charge on any atom is -0.484 e. The van der Waals surface area contributed by atoms with Crippen molar-refractivity contribution in [3.63, 3.8) is 0 Å². The Kier molecular flexibility index (Phi) is 6.74. The first-order chi connectivity index (χ1) is 15.4. The molecule has 32 heavy (non-hydrogen) atoms. The van der Waals surface area contributed by atoms with Crippen LogP contribution in [-0.2, 0) is 13.2 Å². The van der Waals surface area contributed by atoms with Crippen molar-refractivity contribution in [2.75, 3.05) is 5.32 Å². The molecule has 0 saturated carbocycles. The second-order valence-corrected chi connectivity index (χ2v) is 8.28. The number of hydrogen-bond donors (Lipinski definition) is 1. The lowest BCUT2D eigenvalue weighted by Gasteiger charge is -2.09. The maximum atomic E-state index is 12.5. The maximum Gasteiger partial charge on any atom is 0.292 e. The maximum absolute atomic E-state index is 12.5. The number of carbonyl (C=O) groups excluding carboxylic acids is 1. The number of carbonyl (C=O) groups is 1. The minimum absolute atomic E-state index is 0.147. The molecule has 0 aliphatic heterocycles. The number of para-hydroxylation sites is 1. The summed E-state index contributed by atoms with van der Waals surface area (Å²) in [7, 11) is 0. The lowest BCUT2D eigenvalue weighted by Crippen LogP contribution is -2.12. The van der Waals surface area contributed by atoms with Crippen LogP contribution in [0, 0.1) is 6.92 Å². The Morgan fingerprint density at radius 2 is 1.94 bits per heavy atom. The van der Waals surface area contributed by atoms with Crippen molar-refractivity contribution >= 4 is 46.5 Å². The first-order valence-corrected chi connectivity index (χ1v) is 10.8. The Morgan fingerprint density at radius 3 is 2.72 bits per heavy atom. The molecule has 0 saturated heterocycles. The van der Waals surface area contributed by atoms with Gasteiger partial charge in [-0.1, -0.05) is 53.0 Å². The number of aryl methyl sites for hydroxylation is 1. The van der Waals surface area contributed by atoms with Crippen molar-refractivity contribution in [3.8, 4) is 5.75 Å². The van der Waals surface area contributed by atoms with Crippen molar-refractivity contribution in [1.82, 2.24) is 9.78 Å². The van der Waals surface area contributed by atoms with Gasteiger partial charge in [0.05, 0.1) is 11.6 Å². The van der Waals surface area contributed by atoms with E-state index in [2.05, 4.69) is 10.4 Å². The largest absolute Gasteiger partial charge is 0.484 e. The lowest BCUT2D eigenvalue weighted by molar-refractivity contribution is 0.0992. The molecular formula is C23H18Cl3N3O3. The summed E-state index contributed by atoms with van der Waals surface area (Å²) in [5.41, 5.74) is 1.78. The summed E-state index contributed by atoms with van der Waals surface area (Å²) >= 11 is 18.3. The van der Waals surface area contributed by atoms with E-state index >= 15 is 0 Å². The number of nitrogens with zero attached hydrogens (tertiary/aromatic N) is 2. The predicted molar refractivity (Wildman–Crippen MR) is 125 cm³/mol. The van der Waals surface area contributed by atoms with Gasteiger partial charge in [-0.05, 0) is 48.4 Å². The molecule has 0 unspecified atom stereocenters. The summed E-state index contributed by atoms with van der Waals surface area (Å²) in [5, 5.41) is 8.70. The SMILES string of the molecule is Cc1cccc(Cl)c1OCc1ccc(C(=O)Nc2ccn(Cc3ccc(Cl)cc3Cl)n2)o1. The first kappa shape index (κ1) is 22.3. The van der Waals surface area contributed by atoms with E-state index in [4.69, 9.17) is 44.0 Å². The van der Waals surface area contributed by atoms with E-state index < -0.39 is 5.91 Å². The number of ether oxygens (including phenoxy) is 1. The van der Waals surface area contributed by atoms with Gasteiger partial charge in [-0.2, -0.15) is 5.10 Å². The third-order valence-corrected chi connectivity index (χ3v) is 5.52. The Labute approximate surface area is 199 Å². The summed E-state index contributed by atoms with van der Waals surface area (Å²) in [5.74, 6) is 1.20. The van der Waals surface area contributed by atoms with Gasteiger partial charge in [-0.3, -0.25) is 9.48 Å². The van der Waals surface area contributed by atoms with Crippen LogP contribution in [0.15, 0.2) is 65.2 Å². The first-order valence-electron chi connectivity index (χ1n) is 9.64. The molecule has 0 spiro atoms. The van der Waals surface area contributed by atoms with E-state index in [1.54, 1.807) is 47.3 Å². The van der Waals surface area contributed by atoms with Gasteiger partial charge in [0.15, 0.2) is 11.6 Å². The summed E-state index contributed by atoms with van der Waals surface area (Å²) in [6, 6.07) is 15.7. The highest BCUT2D eigenvalue weighted by molar-refractivity contribution is 6.35. The molecule has 4 rings (SSSR count). The van der Waals surface area contributed by atoms with E-state index in [-0.39, 0.29) is 12.4 Å². The zero-order valence-corrected chi connectivity index (χ0v) is 19.2. The second kappa shape index (κ2) is 9.69. The third kappa shape index (κ3) is 5.27. The second-order valence-electron chi connectivity index (χ2n) is 7.03. The molecule has 0 atom stereocenters. The normalized spacial score (nSPS) is 10.9. The molecule has 0 bridgehead atoms. The topological polar surface area (TPSA) is 69.3 Å². The van der Waals surface area contributed by atoms with Crippen molar-refractivity contribution in [1.29, 1.82) is 0 Å². The number of furan rings is 1. The Balaban J connectivity index is 1.36. The van der Waals surface area contributed by atoms with E-state index in [0.717, 1.165) is 11.1 Å². The lowest BCUT2D eigenvalue weighted by atomic mass is 10.2. The zero-order valence-electron chi connectivity index (χ0n) is 16.9. The smallest absolute Gasteiger partial charge is 0.292 e. The Bertz CT molecular complexity index is 1250. The highest BCUT2D eigenvalue weighted by Gasteiger charge is 2.14. The molecule has 9 heteroatoms. The van der Waals surface area contributed by atoms with E-state index in [9.17, 15) is 4.79 Å². The quantitative estimate of drug-likeness (QED) is 0.316. The van der Waals surface area contributed by atoms with Gasteiger partial charge in [0, 0.05) is 22.3 Å². The molecule has 164 valence electrons. The molecule has 1 N–H and O–H groups in total. The monoisotopic (exact) mass is 489 g/mol. The van der Waals surface area contributed by atoms with Crippen LogP contribution in [0.4, 0.5) is 5.82 Å². The number of anilines is 1. The van der Waals surface area contributed by atoms with Gasteiger partial charge in [0.25, 0.3) is 5.91 Å². The Morgan fingerprint density at radius 1 is 1.09 bits per heavy atom. The third-order valence-electron chi connectivity index (χ3n) is 4.64. The molecule has 2 aromatic carbocycles. The van der Waals surface area contributed by atoms with Crippen LogP contribution < -0.4 is 10.1 Å². The van der Waals surface area contributed by atoms with E-state index in [1.165, 1.54) is 0 Å². The molecular weight excluding hydrogens is 473 g/mol. The fraction of sp³-hybridized carbons (Fsp3) is 0.130. The average molecular weight is 491 g/mol. The van der Waals surface area contributed by atoms with E-state index in [1.807, 2.05) is 25.1 Å². The molecule has 1 amide bonds. The van der Waals surface area contributed by atoms with Gasteiger partial charge < -0.3 is 14.5 Å². The van der Waals surface area contributed by atoms with Crippen LogP contribution in [0.3, 0.4) is 0 Å². The van der Waals surface area contributed by atoms with Crippen LogP contribution in [-0.4, -0.2) is 15.7 Å². The fourth-order valence-electron chi connectivity index (χ4n) is 3.04. The van der Waals surface area contributed by atoms with Crippen LogP contribution >= 0.6 is 34.8 Å². The zero-order chi connectivity index (χ0) is 22.7. The Hall–Kier alpha value is -2.93. The van der Waals surface area contributed by atoms with Gasteiger partial charge in [-0.25, -0.2) is 0 Å². The molecule has 0 aliphatic rings. The number of hydrogen-bond acceptors (Lipinski definition) is 4. The van der Waals surface area contributed by atoms with Crippen LogP contribution in [0.2, 0.25) is 15.1 Å². The summed E-state index contributed by atoms with van der Waals surface area (Å²) in [4.78, 5) is 12.5. The molecule has 6 nitrogen and oxygen atoms in total. The standard InChI is InChI=1S/C23H18Cl3N3O3/c1-14-3-2-4-18(25)22(14)31-13-17-7-8-20(32-17)23(30)27-21-9-10-29(28-21)12-15-5-6-16(24)11-19(15)26/h2-11H,12-13H2,1H3,(H,27,28,30). The van der Waals surface area contributed by atoms with Crippen LogP contribution in [0.5, 0.6) is 5.75 Å². The molecule has 0 aliphatic carbocycles. The summed E-state index contributed by atoms with van der Waals surface area (Å²) in [6.07, 6.45) is 1.74. The van der Waals surface area contributed by atoms with Crippen molar-refractivity contribution < 1.29 is 13.9 Å². The molecule has 2 aromatic heterocycles. The number of nitrogens with one attached hydrogen (secondary N) is 1. The summed E-state index contributed by atoms with van der Waals surface area (Å²) in [6.45, 7) is 2.49. The van der Waals surface area contributed by atoms with Crippen LogP contribution in [0.25, 0.3) is 0 Å². The van der Waals surface area contributed by atoms with Gasteiger partial charge in [0.1, 0.15) is 18.1 Å². The molecule has 0 fully saturated rings. The fourth-order valence-corrected chi connectivity index (χ4v) is 3.78. The number of aromatic nitrogens is 2. The number of halogens is 3. The van der Waals surface area contributed by atoms with Crippen molar-refractivity contribution in [2.45, 2.75) is 20.1 Å². The van der Waals surface area contributed by atoms with Crippen LogP contribution in [0.1, 0.15) is 27.4 Å². The van der Waals surface area contributed by atoms with Gasteiger partial charge in [0.2, 0.25) is 0 Å². The van der Waals surface area contributed by atoms with Gasteiger partial charge in [-0.15, -0.1) is 0 Å². The van der Waals surface area contributed by atoms with E-state index in [0.29, 0.717) is 38.9 Å². The number of amides is 1. The van der Waals surface area contributed by atoms with Crippen molar-refractivity contribution in [2.24, 2.45) is 0 Å². The summed E-state index contributed by atoms with van der Waals surface area (Å²) < 4.78 is 13.0. The highest BCUT2D eigenvalue weighted by Crippen LogP contribution is 2.29. The molecule has 0 radical (unpaired) electrons. The number of rotatable bonds is 7. The molecule has 4 aromatic rings. The highest BCUT2D eigenvalue weighted by atomic mass is 35.5.